The standard InChI is InChI=1S/C57H51N/c1-38-35-51(44-29-34-50-49-21-11-14-24-54(49)57(55(50)37-44)52-22-12-9-19-47(52)48-20-10-13-23-53(48)57)39(2)56(36-38)58(45-30-25-42(26-31-45)40-15-5-3-6-16-40)46-32-27-43(28-33-46)41-17-7-4-8-18-41/h3-8,12-18,22-28,30-33,35-37,39,56H,9-11,19-21,29,34H2,1-2H3. The Bertz CT molecular complexity index is 2500. The van der Waals surface area contributed by atoms with Crippen molar-refractivity contribution < 1.29 is 0 Å². The summed E-state index contributed by atoms with van der Waals surface area (Å²) in [6.07, 6.45) is 31.9. The minimum absolute atomic E-state index is 0.144. The Hall–Kier alpha value is -5.92. The minimum Gasteiger partial charge on any atom is -0.334 e. The first-order valence-corrected chi connectivity index (χ1v) is 21.8. The molecule has 4 aromatic carbocycles. The molecule has 0 heterocycles. The molecule has 2 unspecified atom stereocenters. The van der Waals surface area contributed by atoms with Gasteiger partial charge < -0.3 is 4.90 Å². The molecule has 58 heavy (non-hydrogen) atoms. The van der Waals surface area contributed by atoms with Crippen LogP contribution in [-0.4, -0.2) is 6.04 Å². The Labute approximate surface area is 344 Å². The van der Waals surface area contributed by atoms with Gasteiger partial charge in [0.2, 0.25) is 0 Å². The highest BCUT2D eigenvalue weighted by Gasteiger charge is 2.55. The molecule has 4 aromatic rings. The molecule has 1 spiro atoms. The molecule has 7 aliphatic carbocycles. The smallest absolute Gasteiger partial charge is 0.0712 e. The number of nitrogens with zero attached hydrogens (tertiary/aromatic N) is 1. The number of rotatable bonds is 6. The van der Waals surface area contributed by atoms with Crippen molar-refractivity contribution in [2.45, 2.75) is 71.3 Å². The van der Waals surface area contributed by atoms with Gasteiger partial charge in [-0.1, -0.05) is 152 Å². The van der Waals surface area contributed by atoms with Crippen molar-refractivity contribution in [3.63, 3.8) is 0 Å². The van der Waals surface area contributed by atoms with E-state index < -0.39 is 0 Å². The van der Waals surface area contributed by atoms with Crippen molar-refractivity contribution in [3.8, 4) is 22.3 Å². The molecule has 0 fully saturated rings. The summed E-state index contributed by atoms with van der Waals surface area (Å²) >= 11 is 0. The molecule has 2 atom stereocenters. The van der Waals surface area contributed by atoms with Crippen molar-refractivity contribution >= 4 is 11.4 Å². The van der Waals surface area contributed by atoms with Crippen LogP contribution in [0.2, 0.25) is 0 Å². The van der Waals surface area contributed by atoms with E-state index in [1.807, 2.05) is 0 Å². The lowest BCUT2D eigenvalue weighted by Crippen LogP contribution is -2.38. The average molecular weight is 750 g/mol. The van der Waals surface area contributed by atoms with E-state index in [4.69, 9.17) is 0 Å². The molecule has 0 bridgehead atoms. The normalized spacial score (nSPS) is 22.8. The fourth-order valence-electron chi connectivity index (χ4n) is 11.6. The number of benzene rings is 4. The van der Waals surface area contributed by atoms with Gasteiger partial charge in [-0.15, -0.1) is 0 Å². The van der Waals surface area contributed by atoms with E-state index in [2.05, 4.69) is 183 Å². The molecule has 0 saturated carbocycles. The highest BCUT2D eigenvalue weighted by atomic mass is 15.2. The number of hydrogen-bond donors (Lipinski definition) is 0. The maximum atomic E-state index is 2.71. The molecular formula is C57H51N. The SMILES string of the molecule is CC1=CC(N(c2ccc(-c3ccccc3)cc2)c2ccc(-c3ccccc3)cc2)C(C)C(C2=CC3=C(CC2)C2=C(C=CCC2)C32C3=C(CCC=C3)C3=C2C=CCC3)=C1. The molecule has 0 N–H and O–H groups in total. The molecule has 1 nitrogen and oxygen atoms in total. The number of allylic oxidation sites excluding steroid dienone is 18. The number of fused-ring (bicyclic) bond motifs is 6. The average Bonchev–Trinajstić information content (AvgIpc) is 3.76. The van der Waals surface area contributed by atoms with Crippen molar-refractivity contribution in [2.75, 3.05) is 4.90 Å². The zero-order chi connectivity index (χ0) is 38.8. The van der Waals surface area contributed by atoms with E-state index in [0.717, 1.165) is 32.1 Å². The van der Waals surface area contributed by atoms with Crippen molar-refractivity contribution in [3.05, 3.63) is 225 Å². The molecule has 0 aromatic heterocycles. The molecular weight excluding hydrogens is 699 g/mol. The Balaban J connectivity index is 1.01. The van der Waals surface area contributed by atoms with Gasteiger partial charge in [-0.25, -0.2) is 0 Å². The van der Waals surface area contributed by atoms with E-state index in [1.165, 1.54) is 69.6 Å². The molecule has 0 radical (unpaired) electrons. The second-order valence-corrected chi connectivity index (χ2v) is 17.3. The van der Waals surface area contributed by atoms with Crippen LogP contribution in [0.4, 0.5) is 11.4 Å². The van der Waals surface area contributed by atoms with Crippen LogP contribution in [0.1, 0.15) is 65.2 Å². The molecule has 0 saturated heterocycles. The summed E-state index contributed by atoms with van der Waals surface area (Å²) in [4.78, 5) is 2.60. The van der Waals surface area contributed by atoms with Crippen LogP contribution in [0.5, 0.6) is 0 Å². The number of hydrogen-bond acceptors (Lipinski definition) is 1. The third kappa shape index (κ3) is 5.50. The second-order valence-electron chi connectivity index (χ2n) is 17.3. The van der Waals surface area contributed by atoms with Gasteiger partial charge in [-0.2, -0.15) is 0 Å². The summed E-state index contributed by atoms with van der Waals surface area (Å²) < 4.78 is 0. The maximum Gasteiger partial charge on any atom is 0.0712 e. The number of anilines is 2. The van der Waals surface area contributed by atoms with Crippen LogP contribution < -0.4 is 4.90 Å². The van der Waals surface area contributed by atoms with Gasteiger partial charge in [0.1, 0.15) is 0 Å². The summed E-state index contributed by atoms with van der Waals surface area (Å²) in [7, 11) is 0. The molecule has 0 aliphatic heterocycles. The summed E-state index contributed by atoms with van der Waals surface area (Å²) in [6.45, 7) is 4.80. The van der Waals surface area contributed by atoms with E-state index in [1.54, 1.807) is 44.6 Å². The summed E-state index contributed by atoms with van der Waals surface area (Å²) in [5.41, 5.74) is 24.5. The third-order valence-corrected chi connectivity index (χ3v) is 14.1. The first kappa shape index (κ1) is 35.3. The van der Waals surface area contributed by atoms with Crippen LogP contribution in [0.25, 0.3) is 22.3 Å². The van der Waals surface area contributed by atoms with E-state index in [0.29, 0.717) is 0 Å². The van der Waals surface area contributed by atoms with E-state index >= 15 is 0 Å². The summed E-state index contributed by atoms with van der Waals surface area (Å²) in [6, 6.07) is 40.1. The van der Waals surface area contributed by atoms with Crippen LogP contribution in [0, 0.1) is 11.3 Å². The Morgan fingerprint density at radius 3 is 1.41 bits per heavy atom. The maximum absolute atomic E-state index is 2.71. The molecule has 0 amide bonds. The Morgan fingerprint density at radius 2 is 0.931 bits per heavy atom. The van der Waals surface area contributed by atoms with Crippen molar-refractivity contribution in [1.82, 2.24) is 0 Å². The van der Waals surface area contributed by atoms with Gasteiger partial charge in [0.25, 0.3) is 0 Å². The largest absolute Gasteiger partial charge is 0.334 e. The zero-order valence-corrected chi connectivity index (χ0v) is 33.8. The van der Waals surface area contributed by atoms with Gasteiger partial charge in [-0.05, 0) is 161 Å². The fourth-order valence-corrected chi connectivity index (χ4v) is 11.6. The van der Waals surface area contributed by atoms with Crippen LogP contribution >= 0.6 is 0 Å². The summed E-state index contributed by atoms with van der Waals surface area (Å²) in [5.74, 6) is 0.275. The van der Waals surface area contributed by atoms with Crippen molar-refractivity contribution in [1.29, 1.82) is 0 Å². The fraction of sp³-hybridized carbons (Fsp3) is 0.228. The predicted octanol–water partition coefficient (Wildman–Crippen LogP) is 15.0. The Morgan fingerprint density at radius 1 is 0.483 bits per heavy atom. The minimum atomic E-state index is -0.165. The lowest BCUT2D eigenvalue weighted by molar-refractivity contribution is 0.572. The lowest BCUT2D eigenvalue weighted by atomic mass is 9.64. The zero-order valence-electron chi connectivity index (χ0n) is 33.8. The highest BCUT2D eigenvalue weighted by molar-refractivity contribution is 5.81. The van der Waals surface area contributed by atoms with Crippen molar-refractivity contribution in [2.24, 2.45) is 11.3 Å². The quantitative estimate of drug-likeness (QED) is 0.190. The van der Waals surface area contributed by atoms with Gasteiger partial charge in [-0.3, -0.25) is 0 Å². The molecule has 1 heteroatoms. The van der Waals surface area contributed by atoms with Gasteiger partial charge >= 0.3 is 0 Å². The second kappa shape index (κ2) is 14.2. The molecule has 7 aliphatic rings. The highest BCUT2D eigenvalue weighted by Crippen LogP contribution is 2.67. The van der Waals surface area contributed by atoms with Gasteiger partial charge in [0.05, 0.1) is 11.5 Å². The lowest BCUT2D eigenvalue weighted by Gasteiger charge is -2.41. The monoisotopic (exact) mass is 749 g/mol. The topological polar surface area (TPSA) is 3.24 Å². The predicted molar refractivity (Wildman–Crippen MR) is 244 cm³/mol. The van der Waals surface area contributed by atoms with Gasteiger partial charge in [0.15, 0.2) is 0 Å². The Kier molecular flexibility index (Phi) is 8.61. The van der Waals surface area contributed by atoms with Gasteiger partial charge in [0, 0.05) is 17.3 Å². The van der Waals surface area contributed by atoms with E-state index in [-0.39, 0.29) is 17.4 Å². The third-order valence-electron chi connectivity index (χ3n) is 14.1. The first-order chi connectivity index (χ1) is 28.6. The summed E-state index contributed by atoms with van der Waals surface area (Å²) in [5, 5.41) is 0. The first-order valence-electron chi connectivity index (χ1n) is 21.8. The van der Waals surface area contributed by atoms with Crippen LogP contribution in [-0.2, 0) is 0 Å². The van der Waals surface area contributed by atoms with Crippen LogP contribution in [0.3, 0.4) is 0 Å². The van der Waals surface area contributed by atoms with E-state index in [9.17, 15) is 0 Å². The van der Waals surface area contributed by atoms with Crippen LogP contribution in [0.15, 0.2) is 225 Å². The molecule has 11 rings (SSSR count). The molecule has 284 valence electrons.